The Hall–Kier alpha value is -2.53. The van der Waals surface area contributed by atoms with E-state index in [-0.39, 0.29) is 5.91 Å². The number of amidine groups is 1. The predicted molar refractivity (Wildman–Crippen MR) is 109 cm³/mol. The van der Waals surface area contributed by atoms with Crippen molar-refractivity contribution in [2.75, 3.05) is 31.1 Å². The van der Waals surface area contributed by atoms with E-state index in [1.54, 1.807) is 0 Å². The van der Waals surface area contributed by atoms with Crippen LogP contribution in [0.1, 0.15) is 11.1 Å². The van der Waals surface area contributed by atoms with Crippen LogP contribution in [-0.2, 0) is 4.79 Å². The summed E-state index contributed by atoms with van der Waals surface area (Å²) in [7, 11) is 0. The van der Waals surface area contributed by atoms with Gasteiger partial charge in [-0.3, -0.25) is 4.79 Å². The molecule has 132 valence electrons. The maximum atomic E-state index is 12.2. The number of amides is 1. The van der Waals surface area contributed by atoms with Gasteiger partial charge in [0.1, 0.15) is 0 Å². The minimum absolute atomic E-state index is 0.130. The van der Waals surface area contributed by atoms with Crippen molar-refractivity contribution in [2.24, 2.45) is 4.99 Å². The number of hydrogen-bond donors (Lipinski definition) is 0. The third-order valence-electron chi connectivity index (χ3n) is 4.62. The normalized spacial score (nSPS) is 19.2. The Morgan fingerprint density at radius 3 is 2.42 bits per heavy atom. The van der Waals surface area contributed by atoms with Crippen LogP contribution in [0.15, 0.2) is 64.5 Å². The Kier molecular flexibility index (Phi) is 4.80. The van der Waals surface area contributed by atoms with Crippen molar-refractivity contribution in [3.05, 3.63) is 70.6 Å². The van der Waals surface area contributed by atoms with Gasteiger partial charge in [-0.2, -0.15) is 4.99 Å². The van der Waals surface area contributed by atoms with E-state index in [1.165, 1.54) is 23.0 Å². The van der Waals surface area contributed by atoms with Crippen LogP contribution in [0.5, 0.6) is 0 Å². The summed E-state index contributed by atoms with van der Waals surface area (Å²) in [6, 6.07) is 18.5. The third-order valence-corrected chi connectivity index (χ3v) is 5.67. The van der Waals surface area contributed by atoms with Gasteiger partial charge in [-0.05, 0) is 48.0 Å². The van der Waals surface area contributed by atoms with Crippen LogP contribution >= 0.6 is 11.8 Å². The Morgan fingerprint density at radius 2 is 1.69 bits per heavy atom. The molecule has 0 N–H and O–H groups in total. The summed E-state index contributed by atoms with van der Waals surface area (Å²) in [6.45, 7) is 5.76. The molecule has 0 spiro atoms. The summed E-state index contributed by atoms with van der Waals surface area (Å²) in [6.07, 6.45) is 1.92. The highest BCUT2D eigenvalue weighted by molar-refractivity contribution is 8.18. The van der Waals surface area contributed by atoms with Crippen LogP contribution in [0.25, 0.3) is 6.08 Å². The third kappa shape index (κ3) is 3.68. The van der Waals surface area contributed by atoms with Crippen molar-refractivity contribution < 1.29 is 4.79 Å². The summed E-state index contributed by atoms with van der Waals surface area (Å²) in [4.78, 5) is 21.8. The monoisotopic (exact) mass is 363 g/mol. The Labute approximate surface area is 158 Å². The number of hydrogen-bond acceptors (Lipinski definition) is 4. The first-order chi connectivity index (χ1) is 12.7. The largest absolute Gasteiger partial charge is 0.368 e. The van der Waals surface area contributed by atoms with Gasteiger partial charge in [-0.1, -0.05) is 42.5 Å². The highest BCUT2D eigenvalue weighted by atomic mass is 32.2. The quantitative estimate of drug-likeness (QED) is 0.761. The second kappa shape index (κ2) is 7.38. The van der Waals surface area contributed by atoms with E-state index in [9.17, 15) is 4.79 Å². The first-order valence-corrected chi connectivity index (χ1v) is 9.65. The molecule has 2 aliphatic heterocycles. The van der Waals surface area contributed by atoms with E-state index >= 15 is 0 Å². The molecule has 1 amide bonds. The molecule has 2 heterocycles. The number of carbonyl (C=O) groups is 1. The molecule has 0 saturated carbocycles. The van der Waals surface area contributed by atoms with Crippen LogP contribution in [0.3, 0.4) is 0 Å². The lowest BCUT2D eigenvalue weighted by molar-refractivity contribution is -0.113. The molecule has 0 aromatic heterocycles. The molecule has 1 saturated heterocycles. The highest BCUT2D eigenvalue weighted by Crippen LogP contribution is 2.31. The maximum absolute atomic E-state index is 12.2. The molecule has 4 rings (SSSR count). The molecule has 1 fully saturated rings. The number of anilines is 1. The number of aliphatic imine (C=N–C) groups is 1. The molecule has 4 nitrogen and oxygen atoms in total. The van der Waals surface area contributed by atoms with Crippen LogP contribution in [0.2, 0.25) is 0 Å². The summed E-state index contributed by atoms with van der Waals surface area (Å²) >= 11 is 1.49. The first-order valence-electron chi connectivity index (χ1n) is 8.83. The van der Waals surface area contributed by atoms with Crippen LogP contribution < -0.4 is 4.90 Å². The van der Waals surface area contributed by atoms with Crippen molar-refractivity contribution in [3.63, 3.8) is 0 Å². The fourth-order valence-electron chi connectivity index (χ4n) is 3.21. The lowest BCUT2D eigenvalue weighted by atomic mass is 10.2. The fraction of sp³-hybridized carbons (Fsp3) is 0.238. The average molecular weight is 363 g/mol. The SMILES string of the molecule is Cc1cccc(N2CCN(C3=NC(=O)C(=Cc4ccccc4)S3)CC2)c1. The number of piperazine rings is 1. The topological polar surface area (TPSA) is 35.9 Å². The van der Waals surface area contributed by atoms with Gasteiger partial charge in [0, 0.05) is 31.9 Å². The second-order valence-electron chi connectivity index (χ2n) is 6.53. The van der Waals surface area contributed by atoms with Gasteiger partial charge in [0.25, 0.3) is 5.91 Å². The maximum Gasteiger partial charge on any atom is 0.286 e. The molecule has 5 heteroatoms. The first kappa shape index (κ1) is 16.9. The van der Waals surface area contributed by atoms with E-state index in [0.29, 0.717) is 4.91 Å². The van der Waals surface area contributed by atoms with Gasteiger partial charge in [-0.25, -0.2) is 0 Å². The van der Waals surface area contributed by atoms with Gasteiger partial charge in [0.05, 0.1) is 4.91 Å². The van der Waals surface area contributed by atoms with Crippen LogP contribution in [-0.4, -0.2) is 42.2 Å². The number of thioether (sulfide) groups is 1. The number of rotatable bonds is 2. The lowest BCUT2D eigenvalue weighted by Gasteiger charge is -2.36. The minimum atomic E-state index is -0.130. The van der Waals surface area contributed by atoms with Crippen molar-refractivity contribution >= 4 is 34.6 Å². The number of nitrogens with zero attached hydrogens (tertiary/aromatic N) is 3. The second-order valence-corrected chi connectivity index (χ2v) is 7.54. The van der Waals surface area contributed by atoms with Gasteiger partial charge < -0.3 is 9.80 Å². The van der Waals surface area contributed by atoms with E-state index in [0.717, 1.165) is 36.9 Å². The van der Waals surface area contributed by atoms with Crippen molar-refractivity contribution in [3.8, 4) is 0 Å². The molecule has 2 aromatic rings. The highest BCUT2D eigenvalue weighted by Gasteiger charge is 2.28. The van der Waals surface area contributed by atoms with Crippen LogP contribution in [0.4, 0.5) is 5.69 Å². The number of carbonyl (C=O) groups excluding carboxylic acids is 1. The molecule has 0 radical (unpaired) electrons. The molecule has 0 atom stereocenters. The van der Waals surface area contributed by atoms with Gasteiger partial charge >= 0.3 is 0 Å². The summed E-state index contributed by atoms with van der Waals surface area (Å²) < 4.78 is 0. The van der Waals surface area contributed by atoms with Gasteiger partial charge in [-0.15, -0.1) is 0 Å². The lowest BCUT2D eigenvalue weighted by Crippen LogP contribution is -2.47. The van der Waals surface area contributed by atoms with E-state index in [2.05, 4.69) is 46.0 Å². The Bertz CT molecular complexity index is 868. The Morgan fingerprint density at radius 1 is 0.962 bits per heavy atom. The van der Waals surface area contributed by atoms with E-state index in [4.69, 9.17) is 0 Å². The molecule has 2 aliphatic rings. The summed E-state index contributed by atoms with van der Waals surface area (Å²) in [5.74, 6) is -0.130. The smallest absolute Gasteiger partial charge is 0.286 e. The summed E-state index contributed by atoms with van der Waals surface area (Å²) in [5, 5.41) is 0.834. The zero-order chi connectivity index (χ0) is 17.9. The van der Waals surface area contributed by atoms with Crippen molar-refractivity contribution in [1.82, 2.24) is 4.90 Å². The summed E-state index contributed by atoms with van der Waals surface area (Å²) in [5.41, 5.74) is 3.58. The predicted octanol–water partition coefficient (Wildman–Crippen LogP) is 3.79. The van der Waals surface area contributed by atoms with Gasteiger partial charge in [0.15, 0.2) is 5.17 Å². The minimum Gasteiger partial charge on any atom is -0.368 e. The van der Waals surface area contributed by atoms with E-state index < -0.39 is 0 Å². The molecular weight excluding hydrogens is 342 g/mol. The zero-order valence-electron chi connectivity index (χ0n) is 14.8. The standard InChI is InChI=1S/C21H21N3OS/c1-16-6-5-9-18(14-16)23-10-12-24(13-11-23)21-22-20(25)19(26-21)15-17-7-3-2-4-8-17/h2-9,14-15H,10-13H2,1H3. The molecular formula is C21H21N3OS. The number of benzene rings is 2. The Balaban J connectivity index is 1.40. The van der Waals surface area contributed by atoms with Crippen LogP contribution in [0, 0.1) is 6.92 Å². The number of aryl methyl sites for hydroxylation is 1. The average Bonchev–Trinajstić information content (AvgIpc) is 3.03. The molecule has 0 aliphatic carbocycles. The zero-order valence-corrected chi connectivity index (χ0v) is 15.6. The van der Waals surface area contributed by atoms with Crippen molar-refractivity contribution in [2.45, 2.75) is 6.92 Å². The molecule has 0 unspecified atom stereocenters. The van der Waals surface area contributed by atoms with Crippen molar-refractivity contribution in [1.29, 1.82) is 0 Å². The molecule has 26 heavy (non-hydrogen) atoms. The fourth-order valence-corrected chi connectivity index (χ4v) is 4.18. The molecule has 2 aromatic carbocycles. The van der Waals surface area contributed by atoms with Gasteiger partial charge in [0.2, 0.25) is 0 Å². The van der Waals surface area contributed by atoms with E-state index in [1.807, 2.05) is 36.4 Å². The molecule has 0 bridgehead atoms.